The van der Waals surface area contributed by atoms with E-state index in [-0.39, 0.29) is 39.9 Å². The lowest BCUT2D eigenvalue weighted by Gasteiger charge is -2.24. The summed E-state index contributed by atoms with van der Waals surface area (Å²) in [7, 11) is -6.20. The van der Waals surface area contributed by atoms with Crippen LogP contribution < -0.4 is 24.8 Å². The van der Waals surface area contributed by atoms with Crippen molar-refractivity contribution >= 4 is 54.4 Å². The van der Waals surface area contributed by atoms with E-state index in [4.69, 9.17) is 4.74 Å². The zero-order valence-corrected chi connectivity index (χ0v) is 30.2. The SMILES string of the molecule is COc1ccc(Nc2ccc(NS(=O)(=O)c3c(C(C)C)cc(C(C)C)cc3C(C)C)cc2NC(=O)C(C)(C)C)cc1NS(C)(=O)=O. The number of methoxy groups -OCH3 is 1. The minimum absolute atomic E-state index is 0.0393. The third-order valence-corrected chi connectivity index (χ3v) is 9.43. The highest BCUT2D eigenvalue weighted by molar-refractivity contribution is 7.93. The van der Waals surface area contributed by atoms with Crippen molar-refractivity contribution in [3.63, 3.8) is 0 Å². The van der Waals surface area contributed by atoms with Crippen molar-refractivity contribution in [2.75, 3.05) is 33.4 Å². The van der Waals surface area contributed by atoms with E-state index in [1.807, 2.05) is 39.8 Å². The van der Waals surface area contributed by atoms with Crippen molar-refractivity contribution in [3.8, 4) is 5.75 Å². The molecule has 3 rings (SSSR count). The van der Waals surface area contributed by atoms with E-state index in [0.717, 1.165) is 22.9 Å². The minimum atomic E-state index is -4.05. The van der Waals surface area contributed by atoms with Crippen molar-refractivity contribution in [1.29, 1.82) is 0 Å². The molecule has 0 heterocycles. The fraction of sp³-hybridized carbons (Fsp3) is 0.441. The Bertz CT molecular complexity index is 1780. The van der Waals surface area contributed by atoms with Crippen LogP contribution in [0.3, 0.4) is 0 Å². The van der Waals surface area contributed by atoms with Crippen molar-refractivity contribution in [2.24, 2.45) is 5.41 Å². The number of amides is 1. The van der Waals surface area contributed by atoms with Gasteiger partial charge >= 0.3 is 0 Å². The molecule has 0 radical (unpaired) electrons. The first-order chi connectivity index (χ1) is 21.1. The van der Waals surface area contributed by atoms with Crippen LogP contribution in [-0.4, -0.2) is 36.1 Å². The highest BCUT2D eigenvalue weighted by atomic mass is 32.2. The lowest BCUT2D eigenvalue weighted by molar-refractivity contribution is -0.123. The van der Waals surface area contributed by atoms with Crippen molar-refractivity contribution in [3.05, 3.63) is 65.2 Å². The maximum atomic E-state index is 14.1. The highest BCUT2D eigenvalue weighted by Gasteiger charge is 2.28. The zero-order chi connectivity index (χ0) is 34.8. The van der Waals surface area contributed by atoms with Crippen LogP contribution >= 0.6 is 0 Å². The second-order valence-corrected chi connectivity index (χ2v) is 16.8. The lowest BCUT2D eigenvalue weighted by Crippen LogP contribution is -2.28. The van der Waals surface area contributed by atoms with E-state index in [1.165, 1.54) is 7.11 Å². The van der Waals surface area contributed by atoms with Gasteiger partial charge in [-0.1, -0.05) is 74.4 Å². The van der Waals surface area contributed by atoms with Gasteiger partial charge in [-0.2, -0.15) is 0 Å². The first kappa shape index (κ1) is 36.7. The molecule has 3 aromatic rings. The Kier molecular flexibility index (Phi) is 11.1. The molecule has 3 aromatic carbocycles. The van der Waals surface area contributed by atoms with Crippen LogP contribution in [0.15, 0.2) is 53.4 Å². The second-order valence-electron chi connectivity index (χ2n) is 13.5. The molecule has 252 valence electrons. The summed E-state index contributed by atoms with van der Waals surface area (Å²) in [4.78, 5) is 13.4. The van der Waals surface area contributed by atoms with Gasteiger partial charge in [0.1, 0.15) is 5.75 Å². The van der Waals surface area contributed by atoms with Gasteiger partial charge in [0.2, 0.25) is 15.9 Å². The first-order valence-corrected chi connectivity index (χ1v) is 18.6. The maximum absolute atomic E-state index is 14.1. The molecule has 0 aliphatic rings. The number of anilines is 5. The molecule has 0 atom stereocenters. The van der Waals surface area contributed by atoms with Crippen LogP contribution in [-0.2, 0) is 24.8 Å². The van der Waals surface area contributed by atoms with Crippen LogP contribution in [0.2, 0.25) is 0 Å². The number of benzene rings is 3. The third-order valence-electron chi connectivity index (χ3n) is 7.32. The zero-order valence-electron chi connectivity index (χ0n) is 28.6. The van der Waals surface area contributed by atoms with Gasteiger partial charge in [-0.05, 0) is 70.8 Å². The molecule has 0 aromatic heterocycles. The van der Waals surface area contributed by atoms with Gasteiger partial charge in [0.25, 0.3) is 10.0 Å². The van der Waals surface area contributed by atoms with E-state index in [1.54, 1.807) is 57.2 Å². The molecule has 4 N–H and O–H groups in total. The topological polar surface area (TPSA) is 143 Å². The normalized spacial score (nSPS) is 12.4. The monoisotopic (exact) mass is 672 g/mol. The molecule has 0 aliphatic carbocycles. The van der Waals surface area contributed by atoms with E-state index in [2.05, 4.69) is 33.9 Å². The van der Waals surface area contributed by atoms with E-state index >= 15 is 0 Å². The number of ether oxygens (including phenoxy) is 1. The molecule has 0 spiro atoms. The molecule has 0 bridgehead atoms. The molecular formula is C34H48N4O6S2. The van der Waals surface area contributed by atoms with Crippen LogP contribution in [0.5, 0.6) is 5.75 Å². The molecule has 0 saturated carbocycles. The van der Waals surface area contributed by atoms with Crippen molar-refractivity contribution in [1.82, 2.24) is 0 Å². The quantitative estimate of drug-likeness (QED) is 0.153. The van der Waals surface area contributed by atoms with Crippen LogP contribution in [0.25, 0.3) is 0 Å². The predicted octanol–water partition coefficient (Wildman–Crippen LogP) is 7.97. The Balaban J connectivity index is 2.12. The van der Waals surface area contributed by atoms with Gasteiger partial charge in [0.05, 0.1) is 41.0 Å². The number of nitrogens with one attached hydrogen (secondary N) is 4. The van der Waals surface area contributed by atoms with Crippen molar-refractivity contribution in [2.45, 2.75) is 85.0 Å². The Morgan fingerprint density at radius 3 is 1.74 bits per heavy atom. The molecule has 0 aliphatic heterocycles. The highest BCUT2D eigenvalue weighted by Crippen LogP contribution is 2.38. The molecule has 0 saturated heterocycles. The Labute approximate surface area is 274 Å². The number of hydrogen-bond acceptors (Lipinski definition) is 7. The van der Waals surface area contributed by atoms with Crippen LogP contribution in [0.1, 0.15) is 96.8 Å². The average Bonchev–Trinajstić information content (AvgIpc) is 2.92. The summed E-state index contributed by atoms with van der Waals surface area (Å²) in [5.41, 5.74) is 3.63. The van der Waals surface area contributed by atoms with E-state index in [0.29, 0.717) is 22.8 Å². The number of carbonyl (C=O) groups is 1. The molecule has 46 heavy (non-hydrogen) atoms. The summed E-state index contributed by atoms with van der Waals surface area (Å²) >= 11 is 0. The number of rotatable bonds is 12. The van der Waals surface area contributed by atoms with Gasteiger partial charge < -0.3 is 15.4 Å². The largest absolute Gasteiger partial charge is 0.495 e. The lowest BCUT2D eigenvalue weighted by atomic mass is 9.89. The van der Waals surface area contributed by atoms with Gasteiger partial charge in [0, 0.05) is 11.1 Å². The van der Waals surface area contributed by atoms with Gasteiger partial charge in [-0.15, -0.1) is 0 Å². The standard InChI is InChI=1S/C34H48N4O6S2/c1-20(2)23-16-26(21(3)4)32(27(17-23)22(5)6)46(42,43)37-25-12-14-28(29(19-25)36-33(39)34(7,8)9)35-24-13-15-31(44-10)30(18-24)38-45(11,40)41/h12-22,35,37-38H,1-11H3,(H,36,39). The summed E-state index contributed by atoms with van der Waals surface area (Å²) in [5, 5.41) is 6.13. The summed E-state index contributed by atoms with van der Waals surface area (Å²) < 4.78 is 62.6. The maximum Gasteiger partial charge on any atom is 0.262 e. The Morgan fingerprint density at radius 2 is 1.26 bits per heavy atom. The number of hydrogen-bond donors (Lipinski definition) is 4. The number of sulfonamides is 2. The summed E-state index contributed by atoms with van der Waals surface area (Å²) in [5.74, 6) is 0.200. The molecule has 0 fully saturated rings. The summed E-state index contributed by atoms with van der Waals surface area (Å²) in [6.07, 6.45) is 1.04. The molecule has 12 heteroatoms. The predicted molar refractivity (Wildman–Crippen MR) is 189 cm³/mol. The molecule has 0 unspecified atom stereocenters. The molecule has 10 nitrogen and oxygen atoms in total. The second kappa shape index (κ2) is 13.9. The smallest absolute Gasteiger partial charge is 0.262 e. The van der Waals surface area contributed by atoms with Gasteiger partial charge in [0.15, 0.2) is 0 Å². The van der Waals surface area contributed by atoms with Crippen molar-refractivity contribution < 1.29 is 26.4 Å². The average molecular weight is 673 g/mol. The first-order valence-electron chi connectivity index (χ1n) is 15.2. The summed E-state index contributed by atoms with van der Waals surface area (Å²) in [6, 6.07) is 13.7. The fourth-order valence-corrected chi connectivity index (χ4v) is 7.06. The number of carbonyl (C=O) groups excluding carboxylic acids is 1. The van der Waals surface area contributed by atoms with E-state index < -0.39 is 25.5 Å². The van der Waals surface area contributed by atoms with Crippen LogP contribution in [0, 0.1) is 5.41 Å². The fourth-order valence-electron chi connectivity index (χ4n) is 4.76. The Morgan fingerprint density at radius 1 is 0.717 bits per heavy atom. The van der Waals surface area contributed by atoms with Gasteiger partial charge in [-0.25, -0.2) is 16.8 Å². The van der Waals surface area contributed by atoms with Crippen LogP contribution in [0.4, 0.5) is 28.4 Å². The third kappa shape index (κ3) is 9.16. The molecular weight excluding hydrogens is 625 g/mol. The van der Waals surface area contributed by atoms with Gasteiger partial charge in [-0.3, -0.25) is 14.2 Å². The molecule has 1 amide bonds. The minimum Gasteiger partial charge on any atom is -0.495 e. The van der Waals surface area contributed by atoms with E-state index in [9.17, 15) is 21.6 Å². The Hall–Kier alpha value is -3.77. The summed E-state index contributed by atoms with van der Waals surface area (Å²) in [6.45, 7) is 17.4.